The second kappa shape index (κ2) is 5.96. The topological polar surface area (TPSA) is 54.6 Å². The van der Waals surface area contributed by atoms with Crippen LogP contribution in [-0.4, -0.2) is 20.4 Å². The van der Waals surface area contributed by atoms with Gasteiger partial charge in [-0.25, -0.2) is 15.2 Å². The highest BCUT2D eigenvalue weighted by molar-refractivity contribution is 5.52. The summed E-state index contributed by atoms with van der Waals surface area (Å²) in [6, 6.07) is 10.8. The third-order valence-corrected chi connectivity index (χ3v) is 4.83. The van der Waals surface area contributed by atoms with Gasteiger partial charge in [0.05, 0.1) is 26.4 Å². The van der Waals surface area contributed by atoms with Crippen molar-refractivity contribution in [3.8, 4) is 11.5 Å². The van der Waals surface area contributed by atoms with Gasteiger partial charge in [-0.3, -0.25) is 0 Å². The molecule has 0 bridgehead atoms. The van der Waals surface area contributed by atoms with E-state index in [-0.39, 0.29) is 18.0 Å². The van der Waals surface area contributed by atoms with Crippen LogP contribution in [0.15, 0.2) is 36.4 Å². The molecule has 3 atom stereocenters. The molecule has 1 saturated heterocycles. The average Bonchev–Trinajstić information content (AvgIpc) is 3.13. The number of hydrogen-bond donors (Lipinski definition) is 3. The van der Waals surface area contributed by atoms with Gasteiger partial charge in [0.25, 0.3) is 0 Å². The summed E-state index contributed by atoms with van der Waals surface area (Å²) in [7, 11) is 3.29. The second-order valence-electron chi connectivity index (χ2n) is 6.17. The summed E-state index contributed by atoms with van der Waals surface area (Å²) in [6.07, 6.45) is 0.925. The SMILES string of the molecule is COc1cc2c(cc1OC)C1NNC(Nc3cccc(F)c3)C1C2. The Morgan fingerprint density at radius 1 is 1.08 bits per heavy atom. The Kier molecular flexibility index (Phi) is 3.78. The van der Waals surface area contributed by atoms with E-state index in [4.69, 9.17) is 9.47 Å². The van der Waals surface area contributed by atoms with Crippen molar-refractivity contribution in [3.05, 3.63) is 53.3 Å². The Balaban J connectivity index is 1.58. The quantitative estimate of drug-likeness (QED) is 0.805. The van der Waals surface area contributed by atoms with Gasteiger partial charge in [0.15, 0.2) is 11.5 Å². The summed E-state index contributed by atoms with van der Waals surface area (Å²) in [4.78, 5) is 0. The van der Waals surface area contributed by atoms with Gasteiger partial charge in [-0.15, -0.1) is 0 Å². The molecule has 1 aliphatic heterocycles. The molecule has 4 rings (SSSR count). The molecule has 2 aliphatic rings. The molecule has 2 aromatic carbocycles. The van der Waals surface area contributed by atoms with Crippen LogP contribution in [0.4, 0.5) is 10.1 Å². The van der Waals surface area contributed by atoms with Gasteiger partial charge < -0.3 is 14.8 Å². The third kappa shape index (κ3) is 2.48. The summed E-state index contributed by atoms with van der Waals surface area (Å²) in [5.41, 5.74) is 9.86. The number of nitrogens with one attached hydrogen (secondary N) is 3. The van der Waals surface area contributed by atoms with E-state index in [9.17, 15) is 4.39 Å². The van der Waals surface area contributed by atoms with Crippen molar-refractivity contribution in [1.82, 2.24) is 10.9 Å². The fraction of sp³-hybridized carbons (Fsp3) is 0.333. The van der Waals surface area contributed by atoms with E-state index in [2.05, 4.69) is 16.2 Å². The van der Waals surface area contributed by atoms with Crippen molar-refractivity contribution in [2.24, 2.45) is 5.92 Å². The Bertz CT molecular complexity index is 768. The molecular formula is C18H20FN3O2. The molecule has 5 nitrogen and oxygen atoms in total. The van der Waals surface area contributed by atoms with Gasteiger partial charge in [-0.1, -0.05) is 6.07 Å². The fourth-order valence-corrected chi connectivity index (χ4v) is 3.69. The minimum absolute atomic E-state index is 0.0150. The van der Waals surface area contributed by atoms with Gasteiger partial charge >= 0.3 is 0 Å². The predicted molar refractivity (Wildman–Crippen MR) is 89.6 cm³/mol. The summed E-state index contributed by atoms with van der Waals surface area (Å²) in [6.45, 7) is 0. The largest absolute Gasteiger partial charge is 0.493 e. The van der Waals surface area contributed by atoms with E-state index < -0.39 is 0 Å². The van der Waals surface area contributed by atoms with Crippen LogP contribution >= 0.6 is 0 Å². The lowest BCUT2D eigenvalue weighted by Gasteiger charge is -2.19. The van der Waals surface area contributed by atoms with Crippen molar-refractivity contribution in [3.63, 3.8) is 0 Å². The van der Waals surface area contributed by atoms with Crippen LogP contribution in [0.2, 0.25) is 0 Å². The standard InChI is InChI=1S/C18H20FN3O2/c1-23-15-7-10-6-14-17(13(10)9-16(15)24-2)21-22-18(14)20-12-5-3-4-11(19)8-12/h3-5,7-9,14,17-18,20-22H,6H2,1-2H3. The lowest BCUT2D eigenvalue weighted by molar-refractivity contribution is 0.354. The first-order valence-electron chi connectivity index (χ1n) is 7.97. The van der Waals surface area contributed by atoms with E-state index in [1.54, 1.807) is 20.3 Å². The minimum atomic E-state index is -0.244. The van der Waals surface area contributed by atoms with Crippen molar-refractivity contribution in [2.45, 2.75) is 18.6 Å². The zero-order chi connectivity index (χ0) is 16.7. The Morgan fingerprint density at radius 3 is 2.62 bits per heavy atom. The molecule has 0 saturated carbocycles. The second-order valence-corrected chi connectivity index (χ2v) is 6.17. The highest BCUT2D eigenvalue weighted by Crippen LogP contribution is 2.45. The number of anilines is 1. The van der Waals surface area contributed by atoms with Crippen LogP contribution in [0.5, 0.6) is 11.5 Å². The molecule has 0 radical (unpaired) electrons. The number of fused-ring (bicyclic) bond motifs is 3. The number of hydrogen-bond acceptors (Lipinski definition) is 5. The molecule has 0 aromatic heterocycles. The minimum Gasteiger partial charge on any atom is -0.493 e. The Morgan fingerprint density at radius 2 is 1.88 bits per heavy atom. The monoisotopic (exact) mass is 329 g/mol. The number of hydrazine groups is 1. The van der Waals surface area contributed by atoms with Gasteiger partial charge in [0.2, 0.25) is 0 Å². The number of ether oxygens (including phenoxy) is 2. The van der Waals surface area contributed by atoms with Gasteiger partial charge in [0, 0.05) is 11.6 Å². The number of benzene rings is 2. The Labute approximate surface area is 140 Å². The predicted octanol–water partition coefficient (Wildman–Crippen LogP) is 2.60. The lowest BCUT2D eigenvalue weighted by Crippen LogP contribution is -2.39. The zero-order valence-electron chi connectivity index (χ0n) is 13.6. The van der Waals surface area contributed by atoms with E-state index in [0.717, 1.165) is 23.6 Å². The first kappa shape index (κ1) is 15.2. The first-order valence-corrected chi connectivity index (χ1v) is 7.97. The van der Waals surface area contributed by atoms with Crippen LogP contribution in [0.1, 0.15) is 17.2 Å². The van der Waals surface area contributed by atoms with Crippen LogP contribution in [0.25, 0.3) is 0 Å². The van der Waals surface area contributed by atoms with Crippen LogP contribution in [-0.2, 0) is 6.42 Å². The van der Waals surface area contributed by atoms with Crippen molar-refractivity contribution in [2.75, 3.05) is 19.5 Å². The lowest BCUT2D eigenvalue weighted by atomic mass is 10.00. The van der Waals surface area contributed by atoms with E-state index in [1.165, 1.54) is 23.3 Å². The molecular weight excluding hydrogens is 309 g/mol. The maximum Gasteiger partial charge on any atom is 0.161 e. The summed E-state index contributed by atoms with van der Waals surface area (Å²) in [5, 5.41) is 3.37. The van der Waals surface area contributed by atoms with E-state index in [0.29, 0.717) is 5.92 Å². The first-order chi connectivity index (χ1) is 11.7. The Hall–Kier alpha value is -2.31. The van der Waals surface area contributed by atoms with Crippen molar-refractivity contribution in [1.29, 1.82) is 0 Å². The maximum atomic E-state index is 13.4. The molecule has 6 heteroatoms. The number of halogens is 1. The van der Waals surface area contributed by atoms with Gasteiger partial charge in [-0.2, -0.15) is 0 Å². The molecule has 0 spiro atoms. The summed E-state index contributed by atoms with van der Waals surface area (Å²) < 4.78 is 24.2. The molecule has 126 valence electrons. The van der Waals surface area contributed by atoms with Crippen molar-refractivity contribution < 1.29 is 13.9 Å². The third-order valence-electron chi connectivity index (χ3n) is 4.83. The van der Waals surface area contributed by atoms with Crippen molar-refractivity contribution >= 4 is 5.69 Å². The molecule has 2 aromatic rings. The van der Waals surface area contributed by atoms with Gasteiger partial charge in [0.1, 0.15) is 5.82 Å². The van der Waals surface area contributed by atoms with E-state index in [1.807, 2.05) is 18.2 Å². The average molecular weight is 329 g/mol. The molecule has 1 heterocycles. The van der Waals surface area contributed by atoms with E-state index >= 15 is 0 Å². The highest BCUT2D eigenvalue weighted by Gasteiger charge is 2.43. The molecule has 3 N–H and O–H groups in total. The summed E-state index contributed by atoms with van der Waals surface area (Å²) >= 11 is 0. The smallest absolute Gasteiger partial charge is 0.161 e. The fourth-order valence-electron chi connectivity index (χ4n) is 3.69. The number of methoxy groups -OCH3 is 2. The van der Waals surface area contributed by atoms with Crippen LogP contribution in [0.3, 0.4) is 0 Å². The normalized spacial score (nSPS) is 24.4. The molecule has 1 aliphatic carbocycles. The molecule has 24 heavy (non-hydrogen) atoms. The highest BCUT2D eigenvalue weighted by atomic mass is 19.1. The molecule has 3 unspecified atom stereocenters. The van der Waals surface area contributed by atoms with Crippen LogP contribution < -0.4 is 25.6 Å². The van der Waals surface area contributed by atoms with Gasteiger partial charge in [-0.05, 0) is 47.9 Å². The maximum absolute atomic E-state index is 13.4. The van der Waals surface area contributed by atoms with Crippen LogP contribution in [0, 0.1) is 11.7 Å². The summed E-state index contributed by atoms with van der Waals surface area (Å²) in [5.74, 6) is 1.56. The number of rotatable bonds is 4. The molecule has 1 fully saturated rings. The molecule has 0 amide bonds. The zero-order valence-corrected chi connectivity index (χ0v) is 13.6.